The van der Waals surface area contributed by atoms with Crippen molar-refractivity contribution in [3.05, 3.63) is 82.5 Å². The van der Waals surface area contributed by atoms with Crippen molar-refractivity contribution in [3.63, 3.8) is 0 Å². The number of aromatic nitrogens is 3. The summed E-state index contributed by atoms with van der Waals surface area (Å²) in [5.41, 5.74) is 1.32. The monoisotopic (exact) mass is 380 g/mol. The summed E-state index contributed by atoms with van der Waals surface area (Å²) in [6.07, 6.45) is 1.46. The lowest BCUT2D eigenvalue weighted by atomic mass is 10.1. The molecule has 28 heavy (non-hydrogen) atoms. The van der Waals surface area contributed by atoms with E-state index in [1.165, 1.54) is 30.5 Å². The largest absolute Gasteiger partial charge is 0.414 e. The Kier molecular flexibility index (Phi) is 4.32. The van der Waals surface area contributed by atoms with Gasteiger partial charge in [-0.25, -0.2) is 8.78 Å². The van der Waals surface area contributed by atoms with Crippen LogP contribution in [0.1, 0.15) is 0 Å². The fourth-order valence-electron chi connectivity index (χ4n) is 2.65. The van der Waals surface area contributed by atoms with Crippen molar-refractivity contribution in [3.8, 4) is 34.2 Å². The Labute approximate surface area is 156 Å². The second kappa shape index (κ2) is 6.95. The van der Waals surface area contributed by atoms with E-state index < -0.39 is 16.6 Å². The first kappa shape index (κ1) is 17.4. The normalized spacial score (nSPS) is 10.8. The first-order valence-corrected chi connectivity index (χ1v) is 8.02. The fourth-order valence-corrected chi connectivity index (χ4v) is 2.65. The highest BCUT2D eigenvalue weighted by molar-refractivity contribution is 5.69. The second-order valence-corrected chi connectivity index (χ2v) is 5.75. The van der Waals surface area contributed by atoms with Crippen molar-refractivity contribution in [1.29, 1.82) is 0 Å². The zero-order valence-electron chi connectivity index (χ0n) is 14.0. The minimum absolute atomic E-state index is 0.0256. The number of nitro benzene ring substituents is 1. The van der Waals surface area contributed by atoms with Gasteiger partial charge >= 0.3 is 0 Å². The molecule has 0 radical (unpaired) electrons. The highest BCUT2D eigenvalue weighted by atomic mass is 19.2. The van der Waals surface area contributed by atoms with Crippen molar-refractivity contribution in [2.75, 3.05) is 0 Å². The number of halogens is 2. The van der Waals surface area contributed by atoms with Gasteiger partial charge in [-0.05, 0) is 41.5 Å². The molecule has 2 aromatic carbocycles. The van der Waals surface area contributed by atoms with Gasteiger partial charge in [0.25, 0.3) is 17.5 Å². The molecule has 0 saturated carbocycles. The molecule has 2 aromatic heterocycles. The molecule has 0 aliphatic carbocycles. The third-order valence-electron chi connectivity index (χ3n) is 3.99. The van der Waals surface area contributed by atoms with Crippen molar-refractivity contribution >= 4 is 5.69 Å². The van der Waals surface area contributed by atoms with Gasteiger partial charge in [-0.2, -0.15) is 0 Å². The van der Waals surface area contributed by atoms with Crippen LogP contribution >= 0.6 is 0 Å². The van der Waals surface area contributed by atoms with E-state index in [1.54, 1.807) is 18.2 Å². The van der Waals surface area contributed by atoms with Gasteiger partial charge in [0.05, 0.1) is 4.92 Å². The molecule has 0 spiro atoms. The van der Waals surface area contributed by atoms with E-state index in [1.807, 2.05) is 0 Å². The number of hydrogen-bond donors (Lipinski definition) is 0. The maximum atomic E-state index is 13.5. The Morgan fingerprint density at radius 2 is 1.64 bits per heavy atom. The van der Waals surface area contributed by atoms with Crippen LogP contribution in [0.15, 0.2) is 65.2 Å². The zero-order chi connectivity index (χ0) is 19.7. The molecule has 0 amide bonds. The summed E-state index contributed by atoms with van der Waals surface area (Å²) in [6.45, 7) is 0. The molecule has 138 valence electrons. The van der Waals surface area contributed by atoms with E-state index in [-0.39, 0.29) is 23.0 Å². The van der Waals surface area contributed by atoms with Gasteiger partial charge in [0, 0.05) is 12.3 Å². The number of benzene rings is 2. The highest BCUT2D eigenvalue weighted by Crippen LogP contribution is 2.31. The molecule has 0 fully saturated rings. The minimum Gasteiger partial charge on any atom is -0.414 e. The molecule has 4 aromatic rings. The Balaban J connectivity index is 1.72. The van der Waals surface area contributed by atoms with Gasteiger partial charge in [-0.1, -0.05) is 18.2 Å². The van der Waals surface area contributed by atoms with Gasteiger partial charge in [-0.3, -0.25) is 15.1 Å². The van der Waals surface area contributed by atoms with Crippen molar-refractivity contribution < 1.29 is 18.1 Å². The Morgan fingerprint density at radius 1 is 0.893 bits per heavy atom. The van der Waals surface area contributed by atoms with Crippen LogP contribution in [-0.4, -0.2) is 20.1 Å². The smallest absolute Gasteiger partial charge is 0.282 e. The lowest BCUT2D eigenvalue weighted by Crippen LogP contribution is -1.91. The van der Waals surface area contributed by atoms with E-state index in [4.69, 9.17) is 4.42 Å². The number of hydrogen-bond acceptors (Lipinski definition) is 6. The molecule has 0 unspecified atom stereocenters. The molecule has 9 heteroatoms. The maximum Gasteiger partial charge on any atom is 0.282 e. The molecular weight excluding hydrogens is 370 g/mol. The predicted molar refractivity (Wildman–Crippen MR) is 95.0 cm³/mol. The molecule has 0 bridgehead atoms. The summed E-state index contributed by atoms with van der Waals surface area (Å²) in [5.74, 6) is -1.89. The third kappa shape index (κ3) is 3.20. The minimum atomic E-state index is -0.965. The van der Waals surface area contributed by atoms with Crippen molar-refractivity contribution in [2.45, 2.75) is 0 Å². The first-order valence-electron chi connectivity index (χ1n) is 8.02. The molecular formula is C19H10F2N4O3. The summed E-state index contributed by atoms with van der Waals surface area (Å²) in [6, 6.07) is 12.7. The first-order chi connectivity index (χ1) is 13.5. The molecule has 0 saturated heterocycles. The zero-order valence-corrected chi connectivity index (χ0v) is 14.0. The van der Waals surface area contributed by atoms with Crippen LogP contribution in [0.4, 0.5) is 14.5 Å². The van der Waals surface area contributed by atoms with Gasteiger partial charge in [0.1, 0.15) is 11.3 Å². The predicted octanol–water partition coefficient (Wildman–Crippen LogP) is 4.65. The molecule has 0 aliphatic rings. The number of pyridine rings is 1. The van der Waals surface area contributed by atoms with Crippen molar-refractivity contribution in [2.24, 2.45) is 0 Å². The second-order valence-electron chi connectivity index (χ2n) is 5.75. The topological polar surface area (TPSA) is 95.0 Å². The summed E-state index contributed by atoms with van der Waals surface area (Å²) in [7, 11) is 0. The molecule has 7 nitrogen and oxygen atoms in total. The number of nitrogens with zero attached hydrogens (tertiary/aromatic N) is 4. The fraction of sp³-hybridized carbons (Fsp3) is 0. The van der Waals surface area contributed by atoms with E-state index in [9.17, 15) is 18.9 Å². The summed E-state index contributed by atoms with van der Waals surface area (Å²) in [5, 5.41) is 18.9. The molecule has 4 rings (SSSR count). The van der Waals surface area contributed by atoms with Crippen LogP contribution in [0.5, 0.6) is 0 Å². The van der Waals surface area contributed by atoms with Gasteiger partial charge in [0.2, 0.25) is 0 Å². The van der Waals surface area contributed by atoms with Gasteiger partial charge in [-0.15, -0.1) is 10.2 Å². The Hall–Kier alpha value is -4.01. The van der Waals surface area contributed by atoms with Gasteiger partial charge < -0.3 is 4.42 Å². The highest BCUT2D eigenvalue weighted by Gasteiger charge is 2.20. The number of para-hydroxylation sites is 1. The van der Waals surface area contributed by atoms with E-state index in [2.05, 4.69) is 15.2 Å². The van der Waals surface area contributed by atoms with Crippen LogP contribution in [0.25, 0.3) is 34.2 Å². The summed E-state index contributed by atoms with van der Waals surface area (Å²) < 4.78 is 32.2. The number of nitro groups is 1. The third-order valence-corrected chi connectivity index (χ3v) is 3.99. The lowest BCUT2D eigenvalue weighted by Gasteiger charge is -2.03. The van der Waals surface area contributed by atoms with Crippen molar-refractivity contribution in [1.82, 2.24) is 15.2 Å². The van der Waals surface area contributed by atoms with E-state index >= 15 is 0 Å². The molecule has 2 heterocycles. The Bertz CT molecular complexity index is 1190. The Morgan fingerprint density at radius 3 is 2.43 bits per heavy atom. The van der Waals surface area contributed by atoms with Crippen LogP contribution < -0.4 is 0 Å². The average molecular weight is 380 g/mol. The quantitative estimate of drug-likeness (QED) is 0.378. The molecule has 0 N–H and O–H groups in total. The standard InChI is InChI=1S/C19H10F2N4O3/c20-14-6-5-11(9-15(14)21)12-7-8-22-16(10-12)19-24-23-18(28-19)13-3-1-2-4-17(13)25(26)27/h1-10H. The SMILES string of the molecule is O=[N+]([O-])c1ccccc1-c1nnc(-c2cc(-c3ccc(F)c(F)c3)ccn2)o1. The van der Waals surface area contributed by atoms with Crippen LogP contribution in [0, 0.1) is 21.7 Å². The van der Waals surface area contributed by atoms with Crippen LogP contribution in [-0.2, 0) is 0 Å². The molecule has 0 aliphatic heterocycles. The summed E-state index contributed by atoms with van der Waals surface area (Å²) in [4.78, 5) is 14.8. The van der Waals surface area contributed by atoms with Crippen LogP contribution in [0.2, 0.25) is 0 Å². The van der Waals surface area contributed by atoms with Crippen LogP contribution in [0.3, 0.4) is 0 Å². The maximum absolute atomic E-state index is 13.5. The molecule has 0 atom stereocenters. The van der Waals surface area contributed by atoms with E-state index in [0.717, 1.165) is 12.1 Å². The number of rotatable bonds is 4. The lowest BCUT2D eigenvalue weighted by molar-refractivity contribution is -0.384. The van der Waals surface area contributed by atoms with E-state index in [0.29, 0.717) is 16.8 Å². The van der Waals surface area contributed by atoms with Gasteiger partial charge in [0.15, 0.2) is 11.6 Å². The summed E-state index contributed by atoms with van der Waals surface area (Å²) >= 11 is 0. The average Bonchev–Trinajstić information content (AvgIpc) is 3.20.